The fraction of sp³-hybridized carbons (Fsp3) is 0.308. The van der Waals surface area contributed by atoms with Crippen LogP contribution in [0.4, 0.5) is 5.82 Å². The highest BCUT2D eigenvalue weighted by molar-refractivity contribution is 6.32. The molecule has 1 unspecified atom stereocenters. The van der Waals surface area contributed by atoms with Gasteiger partial charge in [-0.2, -0.15) is 5.10 Å². The van der Waals surface area contributed by atoms with Gasteiger partial charge in [0.2, 0.25) is 0 Å². The van der Waals surface area contributed by atoms with Gasteiger partial charge in [0.15, 0.2) is 0 Å². The summed E-state index contributed by atoms with van der Waals surface area (Å²) in [7, 11) is 1.65. The van der Waals surface area contributed by atoms with Crippen molar-refractivity contribution < 1.29 is 4.74 Å². The second-order valence-electron chi connectivity index (χ2n) is 4.24. The number of nitrogen functional groups attached to an aromatic ring is 1. The van der Waals surface area contributed by atoms with Gasteiger partial charge >= 0.3 is 0 Å². The van der Waals surface area contributed by atoms with E-state index >= 15 is 0 Å². The minimum Gasteiger partial charge on any atom is -0.496 e. The van der Waals surface area contributed by atoms with Crippen molar-refractivity contribution in [3.05, 3.63) is 40.5 Å². The smallest absolute Gasteiger partial charge is 0.141 e. The SMILES string of the molecule is COc1ccc(C)cc1C(C)n1ncc(Cl)c1N. The van der Waals surface area contributed by atoms with Crippen molar-refractivity contribution >= 4 is 17.4 Å². The van der Waals surface area contributed by atoms with E-state index < -0.39 is 0 Å². The third-order valence-corrected chi connectivity index (χ3v) is 3.28. The number of aryl methyl sites for hydroxylation is 1. The molecule has 2 N–H and O–H groups in total. The molecule has 0 spiro atoms. The maximum atomic E-state index is 5.93. The van der Waals surface area contributed by atoms with Gasteiger partial charge < -0.3 is 10.5 Å². The first-order chi connectivity index (χ1) is 8.54. The highest BCUT2D eigenvalue weighted by atomic mass is 35.5. The maximum absolute atomic E-state index is 5.93. The van der Waals surface area contributed by atoms with Crippen molar-refractivity contribution in [1.29, 1.82) is 0 Å². The standard InChI is InChI=1S/C13H16ClN3O/c1-8-4-5-12(18-3)10(6-8)9(2)17-13(15)11(14)7-16-17/h4-7,9H,15H2,1-3H3. The van der Waals surface area contributed by atoms with Gasteiger partial charge in [0.05, 0.1) is 19.3 Å². The maximum Gasteiger partial charge on any atom is 0.141 e. The molecule has 1 aromatic heterocycles. The van der Waals surface area contributed by atoms with Crippen LogP contribution in [0.25, 0.3) is 0 Å². The molecule has 0 aliphatic heterocycles. The molecule has 5 heteroatoms. The zero-order valence-electron chi connectivity index (χ0n) is 10.6. The predicted octanol–water partition coefficient (Wildman–Crippen LogP) is 3.05. The van der Waals surface area contributed by atoms with E-state index in [1.54, 1.807) is 18.0 Å². The number of methoxy groups -OCH3 is 1. The lowest BCUT2D eigenvalue weighted by atomic mass is 10.0. The summed E-state index contributed by atoms with van der Waals surface area (Å²) in [5.74, 6) is 1.28. The molecule has 0 fully saturated rings. The number of halogens is 1. The van der Waals surface area contributed by atoms with Crippen molar-refractivity contribution in [2.75, 3.05) is 12.8 Å². The molecule has 0 saturated heterocycles. The summed E-state index contributed by atoms with van der Waals surface area (Å²) >= 11 is 5.93. The van der Waals surface area contributed by atoms with Gasteiger partial charge in [0, 0.05) is 5.56 Å². The van der Waals surface area contributed by atoms with E-state index in [9.17, 15) is 0 Å². The molecule has 0 radical (unpaired) electrons. The summed E-state index contributed by atoms with van der Waals surface area (Å²) in [5.41, 5.74) is 8.09. The summed E-state index contributed by atoms with van der Waals surface area (Å²) in [6.45, 7) is 4.05. The molecule has 0 saturated carbocycles. The molecule has 2 rings (SSSR count). The molecular weight excluding hydrogens is 250 g/mol. The summed E-state index contributed by atoms with van der Waals surface area (Å²) < 4.78 is 7.07. The number of ether oxygens (including phenoxy) is 1. The number of nitrogens with two attached hydrogens (primary N) is 1. The normalized spacial score (nSPS) is 12.4. The average molecular weight is 266 g/mol. The van der Waals surface area contributed by atoms with Gasteiger partial charge in [-0.15, -0.1) is 0 Å². The Balaban J connectivity index is 2.48. The Hall–Kier alpha value is -1.68. The van der Waals surface area contributed by atoms with E-state index in [2.05, 4.69) is 11.2 Å². The van der Waals surface area contributed by atoms with E-state index in [1.165, 1.54) is 0 Å². The molecule has 0 bridgehead atoms. The molecule has 0 aliphatic carbocycles. The van der Waals surface area contributed by atoms with Gasteiger partial charge in [-0.3, -0.25) is 0 Å². The van der Waals surface area contributed by atoms with Gasteiger partial charge in [0.25, 0.3) is 0 Å². The second kappa shape index (κ2) is 4.90. The Bertz CT molecular complexity index is 565. The van der Waals surface area contributed by atoms with Crippen LogP contribution in [0.15, 0.2) is 24.4 Å². The van der Waals surface area contributed by atoms with Crippen LogP contribution in [-0.4, -0.2) is 16.9 Å². The molecular formula is C13H16ClN3O. The molecule has 2 aromatic rings. The lowest BCUT2D eigenvalue weighted by Gasteiger charge is -2.18. The lowest BCUT2D eigenvalue weighted by molar-refractivity contribution is 0.401. The topological polar surface area (TPSA) is 53.1 Å². The Morgan fingerprint density at radius 2 is 2.17 bits per heavy atom. The minimum atomic E-state index is -0.0349. The first kappa shape index (κ1) is 12.8. The molecule has 18 heavy (non-hydrogen) atoms. The molecule has 1 atom stereocenters. The molecule has 1 aromatic carbocycles. The third kappa shape index (κ3) is 2.16. The van der Waals surface area contributed by atoms with Crippen LogP contribution in [0, 0.1) is 6.92 Å². The second-order valence-corrected chi connectivity index (χ2v) is 4.65. The molecule has 96 valence electrons. The van der Waals surface area contributed by atoms with E-state index in [-0.39, 0.29) is 6.04 Å². The molecule has 0 amide bonds. The van der Waals surface area contributed by atoms with Crippen LogP contribution in [-0.2, 0) is 0 Å². The van der Waals surface area contributed by atoms with Crippen LogP contribution in [0.5, 0.6) is 5.75 Å². The van der Waals surface area contributed by atoms with Crippen molar-refractivity contribution in [2.24, 2.45) is 0 Å². The van der Waals surface area contributed by atoms with Gasteiger partial charge in [-0.1, -0.05) is 29.3 Å². The number of benzene rings is 1. The number of anilines is 1. The third-order valence-electron chi connectivity index (χ3n) is 2.99. The van der Waals surface area contributed by atoms with Crippen molar-refractivity contribution in [3.8, 4) is 5.75 Å². The van der Waals surface area contributed by atoms with Gasteiger partial charge in [-0.25, -0.2) is 4.68 Å². The largest absolute Gasteiger partial charge is 0.496 e. The summed E-state index contributed by atoms with van der Waals surface area (Å²) in [5, 5.41) is 4.67. The van der Waals surface area contributed by atoms with E-state index in [0.717, 1.165) is 16.9 Å². The summed E-state index contributed by atoms with van der Waals surface area (Å²) in [6, 6.07) is 5.99. The zero-order chi connectivity index (χ0) is 13.3. The van der Waals surface area contributed by atoms with Crippen molar-refractivity contribution in [1.82, 2.24) is 9.78 Å². The summed E-state index contributed by atoms with van der Waals surface area (Å²) in [4.78, 5) is 0. The quantitative estimate of drug-likeness (QED) is 0.928. The fourth-order valence-electron chi connectivity index (χ4n) is 1.97. The van der Waals surface area contributed by atoms with Crippen molar-refractivity contribution in [2.45, 2.75) is 19.9 Å². The Morgan fingerprint density at radius 3 is 2.72 bits per heavy atom. The molecule has 1 heterocycles. The predicted molar refractivity (Wildman–Crippen MR) is 73.2 cm³/mol. The van der Waals surface area contributed by atoms with Crippen LogP contribution in [0.2, 0.25) is 5.02 Å². The monoisotopic (exact) mass is 265 g/mol. The van der Waals surface area contributed by atoms with E-state index in [4.69, 9.17) is 22.1 Å². The van der Waals surface area contributed by atoms with Gasteiger partial charge in [0.1, 0.15) is 16.6 Å². The summed E-state index contributed by atoms with van der Waals surface area (Å²) in [6.07, 6.45) is 1.55. The average Bonchev–Trinajstić information content (AvgIpc) is 2.69. The molecule has 4 nitrogen and oxygen atoms in total. The van der Waals surface area contributed by atoms with Crippen molar-refractivity contribution in [3.63, 3.8) is 0 Å². The number of hydrogen-bond donors (Lipinski definition) is 1. The van der Waals surface area contributed by atoms with Crippen LogP contribution in [0.3, 0.4) is 0 Å². The zero-order valence-corrected chi connectivity index (χ0v) is 11.4. The number of hydrogen-bond acceptors (Lipinski definition) is 3. The highest BCUT2D eigenvalue weighted by Crippen LogP contribution is 2.31. The van der Waals surface area contributed by atoms with E-state index in [1.807, 2.05) is 26.0 Å². The Labute approximate surface area is 111 Å². The first-order valence-corrected chi connectivity index (χ1v) is 6.05. The lowest BCUT2D eigenvalue weighted by Crippen LogP contribution is -2.12. The van der Waals surface area contributed by atoms with Crippen LogP contribution >= 0.6 is 11.6 Å². The number of rotatable bonds is 3. The fourth-order valence-corrected chi connectivity index (χ4v) is 2.10. The van der Waals surface area contributed by atoms with E-state index in [0.29, 0.717) is 10.8 Å². The number of aromatic nitrogens is 2. The molecule has 0 aliphatic rings. The Morgan fingerprint density at radius 1 is 1.44 bits per heavy atom. The van der Waals surface area contributed by atoms with Gasteiger partial charge in [-0.05, 0) is 19.9 Å². The number of nitrogens with zero attached hydrogens (tertiary/aromatic N) is 2. The minimum absolute atomic E-state index is 0.0349. The van der Waals surface area contributed by atoms with Crippen LogP contribution < -0.4 is 10.5 Å². The van der Waals surface area contributed by atoms with Crippen LogP contribution in [0.1, 0.15) is 24.1 Å². The highest BCUT2D eigenvalue weighted by Gasteiger charge is 2.17. The first-order valence-electron chi connectivity index (χ1n) is 5.67. The Kier molecular flexibility index (Phi) is 3.48.